The van der Waals surface area contributed by atoms with Crippen molar-refractivity contribution in [2.45, 2.75) is 45.1 Å². The molecular formula is C20H24F2O8S2. The summed E-state index contributed by atoms with van der Waals surface area (Å²) in [7, 11) is -3.88. The van der Waals surface area contributed by atoms with Crippen LogP contribution in [0.4, 0.5) is 8.78 Å². The average molecular weight is 495 g/mol. The average Bonchev–Trinajstić information content (AvgIpc) is 3.35. The lowest BCUT2D eigenvalue weighted by atomic mass is 9.78. The molecule has 1 aromatic rings. The van der Waals surface area contributed by atoms with Gasteiger partial charge in [0.05, 0.1) is 24.7 Å². The fourth-order valence-electron chi connectivity index (χ4n) is 4.52. The van der Waals surface area contributed by atoms with Crippen molar-refractivity contribution in [3.8, 4) is 5.75 Å². The lowest BCUT2D eigenvalue weighted by Gasteiger charge is -2.36. The molecule has 0 amide bonds. The molecule has 2 fully saturated rings. The van der Waals surface area contributed by atoms with Crippen LogP contribution in [0.25, 0.3) is 0 Å². The molecule has 8 nitrogen and oxygen atoms in total. The number of rotatable bonds is 10. The Balaban J connectivity index is 1.64. The zero-order valence-corrected chi connectivity index (χ0v) is 19.3. The minimum absolute atomic E-state index is 0.185. The molecule has 0 heterocycles. The van der Waals surface area contributed by atoms with Gasteiger partial charge in [-0.3, -0.25) is 0 Å². The predicted octanol–water partition coefficient (Wildman–Crippen LogP) is 4.99. The molecule has 1 aromatic carbocycles. The normalized spacial score (nSPS) is 22.6. The Morgan fingerprint density at radius 2 is 1.81 bits per heavy atom. The van der Waals surface area contributed by atoms with Gasteiger partial charge >= 0.3 is 22.2 Å². The zero-order valence-electron chi connectivity index (χ0n) is 17.7. The van der Waals surface area contributed by atoms with Crippen LogP contribution in [0, 0.1) is 17.8 Å². The Morgan fingerprint density at radius 3 is 2.34 bits per heavy atom. The summed E-state index contributed by atoms with van der Waals surface area (Å²) in [5.41, 5.74) is -0.445. The summed E-state index contributed by atoms with van der Waals surface area (Å²) < 4.78 is 63.3. The van der Waals surface area contributed by atoms with E-state index in [1.807, 2.05) is 13.8 Å². The number of ether oxygens (including phenoxy) is 1. The van der Waals surface area contributed by atoms with Crippen molar-refractivity contribution in [2.75, 3.05) is 7.11 Å². The van der Waals surface area contributed by atoms with E-state index in [9.17, 15) is 22.0 Å². The summed E-state index contributed by atoms with van der Waals surface area (Å²) in [5.74, 6) is 0.752. The molecule has 0 spiro atoms. The van der Waals surface area contributed by atoms with Crippen molar-refractivity contribution in [2.24, 2.45) is 17.8 Å². The van der Waals surface area contributed by atoms with Gasteiger partial charge in [0.1, 0.15) is 11.4 Å². The molecule has 0 aliphatic heterocycles. The summed E-state index contributed by atoms with van der Waals surface area (Å²) in [5, 5.41) is 3.92. The minimum Gasteiger partial charge on any atom is -0.456 e. The van der Waals surface area contributed by atoms with E-state index >= 15 is 0 Å². The van der Waals surface area contributed by atoms with Gasteiger partial charge in [0.15, 0.2) is 0 Å². The first-order valence-electron chi connectivity index (χ1n) is 9.90. The van der Waals surface area contributed by atoms with E-state index in [4.69, 9.17) is 8.92 Å². The minimum atomic E-state index is -4.92. The number of esters is 1. The van der Waals surface area contributed by atoms with Crippen LogP contribution in [0.2, 0.25) is 0 Å². The Morgan fingerprint density at radius 1 is 1.12 bits per heavy atom. The fraction of sp³-hybridized carbons (Fsp3) is 0.550. The quantitative estimate of drug-likeness (QED) is 0.111. The van der Waals surface area contributed by atoms with E-state index in [-0.39, 0.29) is 23.4 Å². The second-order valence-electron chi connectivity index (χ2n) is 8.27. The maximum Gasteiger partial charge on any atom is 0.353 e. The first kappa shape index (κ1) is 24.9. The predicted molar refractivity (Wildman–Crippen MR) is 110 cm³/mol. The Labute approximate surface area is 189 Å². The van der Waals surface area contributed by atoms with Crippen LogP contribution in [0.3, 0.4) is 0 Å². The number of carbonyl (C=O) groups excluding carboxylic acids is 1. The largest absolute Gasteiger partial charge is 0.456 e. The van der Waals surface area contributed by atoms with Crippen molar-refractivity contribution >= 4 is 28.1 Å². The number of hydrogen-bond donors (Lipinski definition) is 0. The van der Waals surface area contributed by atoms with Gasteiger partial charge in [0.25, 0.3) is 0 Å². The van der Waals surface area contributed by atoms with Gasteiger partial charge in [-0.1, -0.05) is 11.5 Å². The molecule has 2 saturated carbocycles. The highest BCUT2D eigenvalue weighted by Crippen LogP contribution is 2.53. The Bertz CT molecular complexity index is 958. The molecule has 0 radical (unpaired) electrons. The van der Waals surface area contributed by atoms with Gasteiger partial charge in [0.2, 0.25) is 4.24 Å². The van der Waals surface area contributed by atoms with Gasteiger partial charge in [-0.15, -0.1) is 4.33 Å². The number of carbonyl (C=O) groups is 1. The van der Waals surface area contributed by atoms with Gasteiger partial charge < -0.3 is 8.92 Å². The van der Waals surface area contributed by atoms with E-state index < -0.39 is 32.0 Å². The third-order valence-corrected chi connectivity index (χ3v) is 8.14. The molecule has 2 aliphatic carbocycles. The summed E-state index contributed by atoms with van der Waals surface area (Å²) in [6, 6.07) is 4.95. The van der Waals surface area contributed by atoms with Crippen molar-refractivity contribution in [1.82, 2.24) is 0 Å². The lowest BCUT2D eigenvalue weighted by Crippen LogP contribution is -2.39. The molecule has 3 rings (SSSR count). The third kappa shape index (κ3) is 5.79. The molecule has 3 atom stereocenters. The van der Waals surface area contributed by atoms with E-state index in [1.54, 1.807) is 0 Å². The Hall–Kier alpha value is -1.73. The molecule has 3 unspecified atom stereocenters. The zero-order chi connectivity index (χ0) is 23.5. The molecule has 32 heavy (non-hydrogen) atoms. The highest BCUT2D eigenvalue weighted by Gasteiger charge is 2.48. The molecule has 178 valence electrons. The van der Waals surface area contributed by atoms with Gasteiger partial charge in [-0.2, -0.15) is 17.2 Å². The van der Waals surface area contributed by atoms with Gasteiger partial charge in [-0.05, 0) is 69.2 Å². The molecule has 2 aliphatic rings. The first-order chi connectivity index (χ1) is 15.0. The maximum absolute atomic E-state index is 13.0. The number of hydrogen-bond acceptors (Lipinski definition) is 9. The molecule has 0 saturated heterocycles. The summed E-state index contributed by atoms with van der Waals surface area (Å²) in [4.78, 5) is 16.7. The second kappa shape index (κ2) is 10.0. The SMILES string of the molecule is COOOSC(=C(F)F)S(=O)(=O)Oc1ccc(C(=O)OC(C)(C)C2CC3CCC2C3)cc1. The van der Waals surface area contributed by atoms with Crippen LogP contribution < -0.4 is 4.18 Å². The second-order valence-corrected chi connectivity index (χ2v) is 10.7. The van der Waals surface area contributed by atoms with Crippen LogP contribution in [0.1, 0.15) is 49.9 Å². The third-order valence-electron chi connectivity index (χ3n) is 5.87. The molecular weight excluding hydrogens is 470 g/mol. The maximum atomic E-state index is 13.0. The highest BCUT2D eigenvalue weighted by atomic mass is 32.3. The van der Waals surface area contributed by atoms with E-state index in [2.05, 4.69) is 14.3 Å². The standard InChI is InChI=1S/C20H24F2O8S2/c1-20(2,16-11-12-4-5-14(16)10-12)27-18(23)13-6-8-15(9-7-13)28-32(24,25)19(17(21)22)31-30-29-26-3/h6-9,12,14,16H,4-5,10-11H2,1-3H3. The monoisotopic (exact) mass is 494 g/mol. The van der Waals surface area contributed by atoms with Crippen molar-refractivity contribution < 1.29 is 45.2 Å². The summed E-state index contributed by atoms with van der Waals surface area (Å²) in [6.07, 6.45) is 2.07. The molecule has 12 heteroatoms. The molecule has 0 aromatic heterocycles. The molecule has 0 N–H and O–H groups in total. The van der Waals surface area contributed by atoms with Crippen LogP contribution in [0.15, 0.2) is 34.6 Å². The fourth-order valence-corrected chi connectivity index (χ4v) is 5.88. The number of halogens is 2. The number of benzene rings is 1. The van der Waals surface area contributed by atoms with Crippen LogP contribution in [-0.2, 0) is 29.1 Å². The first-order valence-corrected chi connectivity index (χ1v) is 12.1. The van der Waals surface area contributed by atoms with Crippen LogP contribution in [-0.4, -0.2) is 27.1 Å². The summed E-state index contributed by atoms with van der Waals surface area (Å²) in [6.45, 7) is 3.82. The van der Waals surface area contributed by atoms with Crippen molar-refractivity contribution in [1.29, 1.82) is 0 Å². The van der Waals surface area contributed by atoms with Gasteiger partial charge in [-0.25, -0.2) is 9.68 Å². The van der Waals surface area contributed by atoms with Crippen molar-refractivity contribution in [3.63, 3.8) is 0 Å². The van der Waals surface area contributed by atoms with Crippen LogP contribution in [0.5, 0.6) is 5.75 Å². The van der Waals surface area contributed by atoms with Crippen LogP contribution >= 0.6 is 12.0 Å². The van der Waals surface area contributed by atoms with Crippen molar-refractivity contribution in [3.05, 3.63) is 40.1 Å². The number of fused-ring (bicyclic) bond motifs is 2. The highest BCUT2D eigenvalue weighted by molar-refractivity contribution is 8.14. The van der Waals surface area contributed by atoms with Gasteiger partial charge in [0, 0.05) is 5.92 Å². The van der Waals surface area contributed by atoms with E-state index in [0.717, 1.165) is 20.0 Å². The Kier molecular flexibility index (Phi) is 7.81. The lowest BCUT2D eigenvalue weighted by molar-refractivity contribution is -0.447. The summed E-state index contributed by atoms with van der Waals surface area (Å²) >= 11 is -0.293. The van der Waals surface area contributed by atoms with E-state index in [0.29, 0.717) is 17.8 Å². The molecule has 2 bridgehead atoms. The smallest absolute Gasteiger partial charge is 0.353 e. The van der Waals surface area contributed by atoms with E-state index in [1.165, 1.54) is 37.1 Å². The topological polar surface area (TPSA) is 97.4 Å².